The molecule has 0 radical (unpaired) electrons. The first-order valence-corrected chi connectivity index (χ1v) is 16.9. The maximum absolute atomic E-state index is 17.2. The number of hydrogen-bond donors (Lipinski definition) is 2. The summed E-state index contributed by atoms with van der Waals surface area (Å²) in [4.78, 5) is 15.9. The van der Waals surface area contributed by atoms with Gasteiger partial charge in [-0.25, -0.2) is 23.1 Å². The van der Waals surface area contributed by atoms with Gasteiger partial charge in [0, 0.05) is 48.7 Å². The molecular formula is C36H42F6N4O3. The number of aliphatic hydroxyl groups excluding tert-OH is 2. The van der Waals surface area contributed by atoms with E-state index in [1.54, 1.807) is 0 Å². The van der Waals surface area contributed by atoms with Crippen molar-refractivity contribution in [1.82, 2.24) is 15.0 Å². The summed E-state index contributed by atoms with van der Waals surface area (Å²) >= 11 is 0. The first kappa shape index (κ1) is 35.4. The van der Waals surface area contributed by atoms with E-state index in [1.165, 1.54) is 12.4 Å². The molecule has 7 nitrogen and oxygen atoms in total. The quantitative estimate of drug-likeness (QED) is 0.231. The van der Waals surface area contributed by atoms with Gasteiger partial charge in [-0.05, 0) is 73.1 Å². The van der Waals surface area contributed by atoms with Crippen LogP contribution in [0, 0.1) is 5.41 Å². The number of benzene rings is 1. The summed E-state index contributed by atoms with van der Waals surface area (Å²) in [7, 11) is 0. The van der Waals surface area contributed by atoms with Gasteiger partial charge in [0.1, 0.15) is 6.61 Å². The second-order valence-electron chi connectivity index (χ2n) is 14.4. The highest BCUT2D eigenvalue weighted by Gasteiger charge is 2.44. The van der Waals surface area contributed by atoms with Gasteiger partial charge < -0.3 is 19.8 Å². The number of pyridine rings is 1. The summed E-state index contributed by atoms with van der Waals surface area (Å²) in [6.07, 6.45) is -2.99. The molecule has 1 aliphatic heterocycles. The summed E-state index contributed by atoms with van der Waals surface area (Å²) in [6.45, 7) is 5.04. The number of rotatable bonds is 8. The summed E-state index contributed by atoms with van der Waals surface area (Å²) in [5.41, 5.74) is 1.13. The van der Waals surface area contributed by atoms with Crippen molar-refractivity contribution < 1.29 is 41.3 Å². The second kappa shape index (κ2) is 13.7. The zero-order valence-electron chi connectivity index (χ0n) is 27.6. The molecule has 3 aromatic rings. The van der Waals surface area contributed by atoms with Crippen molar-refractivity contribution in [3.63, 3.8) is 0 Å². The van der Waals surface area contributed by atoms with Crippen LogP contribution in [0.2, 0.25) is 0 Å². The maximum Gasteiger partial charge on any atom is 0.416 e. The lowest BCUT2D eigenvalue weighted by molar-refractivity contribution is -0.137. The fourth-order valence-corrected chi connectivity index (χ4v) is 7.78. The van der Waals surface area contributed by atoms with E-state index in [1.807, 2.05) is 18.7 Å². The molecular weight excluding hydrogens is 650 g/mol. The van der Waals surface area contributed by atoms with Crippen molar-refractivity contribution in [3.05, 3.63) is 75.9 Å². The monoisotopic (exact) mass is 692 g/mol. The first-order chi connectivity index (χ1) is 23.2. The molecule has 6 rings (SSSR count). The summed E-state index contributed by atoms with van der Waals surface area (Å²) < 4.78 is 91.7. The highest BCUT2D eigenvalue weighted by Crippen LogP contribution is 2.52. The number of hydrogen-bond acceptors (Lipinski definition) is 7. The molecule has 0 amide bonds. The fraction of sp³-hybridized carbons (Fsp3) is 0.583. The number of aromatic nitrogens is 3. The van der Waals surface area contributed by atoms with E-state index < -0.39 is 35.9 Å². The van der Waals surface area contributed by atoms with Crippen LogP contribution in [0.3, 0.4) is 0 Å². The van der Waals surface area contributed by atoms with Crippen molar-refractivity contribution >= 4 is 5.95 Å². The molecule has 2 atom stereocenters. The predicted octanol–water partition coefficient (Wildman–Crippen LogP) is 8.00. The summed E-state index contributed by atoms with van der Waals surface area (Å²) in [6, 6.07) is 3.96. The number of anilines is 1. The van der Waals surface area contributed by atoms with Crippen molar-refractivity contribution in [2.45, 2.75) is 101 Å². The maximum atomic E-state index is 17.2. The number of aliphatic hydroxyl groups is 2. The van der Waals surface area contributed by atoms with Crippen LogP contribution in [0.15, 0.2) is 36.7 Å². The zero-order chi connectivity index (χ0) is 35.1. The van der Waals surface area contributed by atoms with Gasteiger partial charge in [0.25, 0.3) is 0 Å². The van der Waals surface area contributed by atoms with E-state index in [-0.39, 0.29) is 61.4 Å². The van der Waals surface area contributed by atoms with Crippen molar-refractivity contribution in [2.24, 2.45) is 5.41 Å². The Labute approximate surface area is 281 Å². The summed E-state index contributed by atoms with van der Waals surface area (Å²) in [5, 5.41) is 20.6. The fourth-order valence-electron chi connectivity index (χ4n) is 7.78. The molecule has 1 saturated carbocycles. The lowest BCUT2D eigenvalue weighted by atomic mass is 9.68. The highest BCUT2D eigenvalue weighted by molar-refractivity contribution is 5.51. The van der Waals surface area contributed by atoms with Crippen LogP contribution in [0.25, 0.3) is 0 Å². The third kappa shape index (κ3) is 7.67. The van der Waals surface area contributed by atoms with E-state index in [0.717, 1.165) is 24.3 Å². The van der Waals surface area contributed by atoms with Gasteiger partial charge in [0.15, 0.2) is 11.9 Å². The third-order valence-corrected chi connectivity index (χ3v) is 10.2. The molecule has 13 heteroatoms. The molecule has 49 heavy (non-hydrogen) atoms. The zero-order valence-corrected chi connectivity index (χ0v) is 27.6. The topological polar surface area (TPSA) is 91.6 Å². The molecule has 3 heterocycles. The van der Waals surface area contributed by atoms with Crippen LogP contribution in [-0.4, -0.2) is 57.4 Å². The van der Waals surface area contributed by atoms with Gasteiger partial charge in [-0.3, -0.25) is 4.98 Å². The van der Waals surface area contributed by atoms with Gasteiger partial charge in [0.2, 0.25) is 11.9 Å². The Bertz CT molecular complexity index is 1600. The van der Waals surface area contributed by atoms with E-state index in [4.69, 9.17) is 14.8 Å². The standard InChI is InChI=1S/C36H42F6N4O3/c1-34(2)17-26-29(27(48)18-34)28(21-7-11-35(38,39)12-8-21)30(31(37)22-3-5-24(6-4-22)36(40,41)42)32(45-26)23-9-13-46(14-10-23)33-43-19-25(20-44-33)49-16-15-47/h3-6,19-21,23,27,31,47-48H,7-18H2,1-2H3. The normalized spacial score (nSPS) is 22.1. The van der Waals surface area contributed by atoms with Crippen LogP contribution in [0.4, 0.5) is 32.3 Å². The smallest absolute Gasteiger partial charge is 0.416 e. The molecule has 3 aliphatic rings. The lowest BCUT2D eigenvalue weighted by Gasteiger charge is -2.41. The minimum Gasteiger partial charge on any atom is -0.488 e. The van der Waals surface area contributed by atoms with Crippen molar-refractivity contribution in [2.75, 3.05) is 31.2 Å². The molecule has 0 spiro atoms. The Morgan fingerprint density at radius 3 is 2.18 bits per heavy atom. The van der Waals surface area contributed by atoms with Gasteiger partial charge in [-0.2, -0.15) is 13.2 Å². The second-order valence-corrected chi connectivity index (χ2v) is 14.4. The Balaban J connectivity index is 1.42. The third-order valence-electron chi connectivity index (χ3n) is 10.2. The highest BCUT2D eigenvalue weighted by atomic mass is 19.4. The Morgan fingerprint density at radius 1 is 0.959 bits per heavy atom. The average Bonchev–Trinajstić information content (AvgIpc) is 3.06. The molecule has 2 N–H and O–H groups in total. The SMILES string of the molecule is CC1(C)Cc2nc(C3CCN(c4ncc(OCCO)cn4)CC3)c(C(F)c3ccc(C(F)(F)F)cc3)c(C3CCC(F)(F)CC3)c2C(O)C1. The molecule has 0 bridgehead atoms. The molecule has 2 fully saturated rings. The molecule has 1 aromatic carbocycles. The Morgan fingerprint density at radius 2 is 1.59 bits per heavy atom. The minimum atomic E-state index is -4.59. The van der Waals surface area contributed by atoms with Crippen LogP contribution in [-0.2, 0) is 12.6 Å². The average molecular weight is 693 g/mol. The Kier molecular flexibility index (Phi) is 9.89. The van der Waals surface area contributed by atoms with Gasteiger partial charge >= 0.3 is 6.18 Å². The number of ether oxygens (including phenoxy) is 1. The van der Waals surface area contributed by atoms with E-state index in [0.29, 0.717) is 73.0 Å². The molecule has 2 aliphatic carbocycles. The first-order valence-electron chi connectivity index (χ1n) is 16.9. The number of alkyl halides is 6. The van der Waals surface area contributed by atoms with E-state index in [9.17, 15) is 27.1 Å². The van der Waals surface area contributed by atoms with Crippen LogP contribution in [0.5, 0.6) is 5.75 Å². The molecule has 2 aromatic heterocycles. The predicted molar refractivity (Wildman–Crippen MR) is 171 cm³/mol. The van der Waals surface area contributed by atoms with Crippen LogP contribution >= 0.6 is 0 Å². The number of nitrogens with zero attached hydrogens (tertiary/aromatic N) is 4. The van der Waals surface area contributed by atoms with Crippen molar-refractivity contribution in [1.29, 1.82) is 0 Å². The minimum absolute atomic E-state index is 0.0124. The van der Waals surface area contributed by atoms with E-state index >= 15 is 4.39 Å². The largest absolute Gasteiger partial charge is 0.488 e. The van der Waals surface area contributed by atoms with Crippen molar-refractivity contribution in [3.8, 4) is 5.75 Å². The summed E-state index contributed by atoms with van der Waals surface area (Å²) in [5.74, 6) is -2.65. The lowest BCUT2D eigenvalue weighted by Crippen LogP contribution is -2.36. The van der Waals surface area contributed by atoms with Crippen LogP contribution in [0.1, 0.15) is 122 Å². The van der Waals surface area contributed by atoms with Crippen LogP contribution < -0.4 is 9.64 Å². The van der Waals surface area contributed by atoms with Gasteiger partial charge in [0.05, 0.1) is 36.4 Å². The van der Waals surface area contributed by atoms with Gasteiger partial charge in [-0.1, -0.05) is 26.0 Å². The number of piperidine rings is 1. The molecule has 1 saturated heterocycles. The molecule has 2 unspecified atom stereocenters. The number of halogens is 6. The number of fused-ring (bicyclic) bond motifs is 1. The van der Waals surface area contributed by atoms with Gasteiger partial charge in [-0.15, -0.1) is 0 Å². The Hall–Kier alpha value is -3.45. The van der Waals surface area contributed by atoms with E-state index in [2.05, 4.69) is 9.97 Å². The molecule has 266 valence electrons.